The van der Waals surface area contributed by atoms with Crippen LogP contribution in [-0.2, 0) is 6.54 Å². The monoisotopic (exact) mass is 459 g/mol. The fourth-order valence-corrected chi connectivity index (χ4v) is 5.65. The van der Waals surface area contributed by atoms with E-state index in [0.29, 0.717) is 6.54 Å². The minimum atomic E-state index is 0.521. The molecule has 0 aliphatic rings. The Morgan fingerprint density at radius 2 is 0.861 bits per heavy atom. The van der Waals surface area contributed by atoms with Gasteiger partial charge >= 0.3 is 0 Å². The van der Waals surface area contributed by atoms with Crippen molar-refractivity contribution < 1.29 is 0 Å². The van der Waals surface area contributed by atoms with Crippen molar-refractivity contribution in [2.45, 2.75) is 6.54 Å². The van der Waals surface area contributed by atoms with Gasteiger partial charge < -0.3 is 5.73 Å². The zero-order chi connectivity index (χ0) is 24.1. The Labute approximate surface area is 210 Å². The predicted molar refractivity (Wildman–Crippen MR) is 155 cm³/mol. The number of hydrogen-bond donors (Lipinski definition) is 1. The average molecular weight is 460 g/mol. The van der Waals surface area contributed by atoms with Gasteiger partial charge in [0, 0.05) is 6.54 Å². The number of hydrogen-bond acceptors (Lipinski definition) is 1. The van der Waals surface area contributed by atoms with E-state index in [9.17, 15) is 0 Å². The van der Waals surface area contributed by atoms with Crippen LogP contribution in [0.25, 0.3) is 65.3 Å². The Morgan fingerprint density at radius 3 is 1.47 bits per heavy atom. The smallest absolute Gasteiger partial charge is 0.0184 e. The summed E-state index contributed by atoms with van der Waals surface area (Å²) in [5.74, 6) is 0. The zero-order valence-corrected chi connectivity index (χ0v) is 19.9. The Bertz CT molecular complexity index is 1880. The van der Waals surface area contributed by atoms with Gasteiger partial charge in [-0.2, -0.15) is 0 Å². The van der Waals surface area contributed by atoms with Gasteiger partial charge in [0.05, 0.1) is 0 Å². The molecule has 0 unspecified atom stereocenters. The molecule has 0 amide bonds. The first-order valence-corrected chi connectivity index (χ1v) is 12.5. The first kappa shape index (κ1) is 20.9. The van der Waals surface area contributed by atoms with Crippen molar-refractivity contribution in [3.8, 4) is 22.3 Å². The molecule has 0 bridgehead atoms. The van der Waals surface area contributed by atoms with Gasteiger partial charge in [0.25, 0.3) is 0 Å². The fraction of sp³-hybridized carbons (Fsp3) is 0.0286. The van der Waals surface area contributed by atoms with Crippen LogP contribution in [0, 0.1) is 0 Å². The van der Waals surface area contributed by atoms with Gasteiger partial charge in [-0.3, -0.25) is 0 Å². The lowest BCUT2D eigenvalue weighted by molar-refractivity contribution is 1.08. The maximum Gasteiger partial charge on any atom is 0.0184 e. The largest absolute Gasteiger partial charge is 0.326 e. The molecule has 0 saturated carbocycles. The molecule has 170 valence electrons. The van der Waals surface area contributed by atoms with Gasteiger partial charge in [-0.25, -0.2) is 0 Å². The third kappa shape index (κ3) is 3.29. The highest BCUT2D eigenvalue weighted by molar-refractivity contribution is 6.25. The van der Waals surface area contributed by atoms with E-state index in [-0.39, 0.29) is 0 Å². The maximum absolute atomic E-state index is 6.14. The van der Waals surface area contributed by atoms with E-state index in [1.807, 2.05) is 0 Å². The third-order valence-electron chi connectivity index (χ3n) is 7.46. The lowest BCUT2D eigenvalue weighted by Crippen LogP contribution is -1.99. The number of benzene rings is 7. The molecule has 1 nitrogen and oxygen atoms in total. The van der Waals surface area contributed by atoms with Crippen LogP contribution in [0.1, 0.15) is 5.56 Å². The molecule has 0 aliphatic heterocycles. The second-order valence-electron chi connectivity index (χ2n) is 9.49. The average Bonchev–Trinajstić information content (AvgIpc) is 2.96. The molecule has 2 N–H and O–H groups in total. The quantitative estimate of drug-likeness (QED) is 0.262. The molecule has 0 spiro atoms. The summed E-state index contributed by atoms with van der Waals surface area (Å²) in [4.78, 5) is 0. The molecule has 0 fully saturated rings. The van der Waals surface area contributed by atoms with Gasteiger partial charge in [0.2, 0.25) is 0 Å². The molecule has 0 aliphatic carbocycles. The summed E-state index contributed by atoms with van der Waals surface area (Å²) in [6.07, 6.45) is 0. The molecule has 0 saturated heterocycles. The van der Waals surface area contributed by atoms with Gasteiger partial charge in [0.15, 0.2) is 0 Å². The van der Waals surface area contributed by atoms with Crippen molar-refractivity contribution >= 4 is 43.1 Å². The molecule has 36 heavy (non-hydrogen) atoms. The highest BCUT2D eigenvalue weighted by atomic mass is 14.5. The minimum absolute atomic E-state index is 0.521. The molecule has 0 heterocycles. The van der Waals surface area contributed by atoms with Crippen LogP contribution in [0.5, 0.6) is 0 Å². The SMILES string of the molecule is NCc1cc2ccccc2cc1-c1ccc(-c2ccc3c4ccccc4c4ccccc4c3c2)cc1. The normalized spacial score (nSPS) is 11.6. The molecule has 0 atom stereocenters. The number of rotatable bonds is 3. The third-order valence-corrected chi connectivity index (χ3v) is 7.46. The van der Waals surface area contributed by atoms with Crippen LogP contribution in [0.2, 0.25) is 0 Å². The van der Waals surface area contributed by atoms with Crippen LogP contribution in [0.15, 0.2) is 127 Å². The second-order valence-corrected chi connectivity index (χ2v) is 9.49. The van der Waals surface area contributed by atoms with Crippen molar-refractivity contribution in [1.29, 1.82) is 0 Å². The molecule has 0 aromatic heterocycles. The van der Waals surface area contributed by atoms with E-state index < -0.39 is 0 Å². The zero-order valence-electron chi connectivity index (χ0n) is 19.9. The minimum Gasteiger partial charge on any atom is -0.326 e. The van der Waals surface area contributed by atoms with Crippen LogP contribution in [-0.4, -0.2) is 0 Å². The summed E-state index contributed by atoms with van der Waals surface area (Å²) in [7, 11) is 0. The summed E-state index contributed by atoms with van der Waals surface area (Å²) in [6.45, 7) is 0.521. The summed E-state index contributed by atoms with van der Waals surface area (Å²) >= 11 is 0. The van der Waals surface area contributed by atoms with E-state index in [2.05, 4.69) is 127 Å². The molecule has 1 heteroatoms. The van der Waals surface area contributed by atoms with Gasteiger partial charge in [0.1, 0.15) is 0 Å². The Morgan fingerprint density at radius 1 is 0.389 bits per heavy atom. The first-order chi connectivity index (χ1) is 17.8. The topological polar surface area (TPSA) is 26.0 Å². The summed E-state index contributed by atoms with van der Waals surface area (Å²) in [5, 5.41) is 10.3. The van der Waals surface area contributed by atoms with Gasteiger partial charge in [-0.15, -0.1) is 0 Å². The molecular weight excluding hydrogens is 434 g/mol. The summed E-state index contributed by atoms with van der Waals surface area (Å²) < 4.78 is 0. The Balaban J connectivity index is 1.37. The Kier molecular flexibility index (Phi) is 4.83. The summed E-state index contributed by atoms with van der Waals surface area (Å²) in [5.41, 5.74) is 12.2. The number of nitrogens with two attached hydrogens (primary N) is 1. The standard InChI is InChI=1S/C35H25N/c36-22-28-19-25-7-1-2-8-26(25)20-34(28)24-15-13-23(14-16-24)27-17-18-33-31-11-4-3-9-29(31)30-10-5-6-12-32(30)35(33)21-27/h1-21H,22,36H2. The molecule has 7 aromatic carbocycles. The summed E-state index contributed by atoms with van der Waals surface area (Å²) in [6, 6.07) is 46.2. The van der Waals surface area contributed by atoms with Crippen molar-refractivity contribution in [3.63, 3.8) is 0 Å². The molecule has 7 aromatic rings. The first-order valence-electron chi connectivity index (χ1n) is 12.5. The molecular formula is C35H25N. The van der Waals surface area contributed by atoms with Gasteiger partial charge in [-0.05, 0) is 89.1 Å². The van der Waals surface area contributed by atoms with Crippen LogP contribution in [0.4, 0.5) is 0 Å². The van der Waals surface area contributed by atoms with Crippen molar-refractivity contribution in [1.82, 2.24) is 0 Å². The maximum atomic E-state index is 6.14. The highest BCUT2D eigenvalue weighted by Crippen LogP contribution is 2.37. The van der Waals surface area contributed by atoms with E-state index in [1.54, 1.807) is 0 Å². The second kappa shape index (κ2) is 8.34. The lowest BCUT2D eigenvalue weighted by Gasteiger charge is -2.13. The van der Waals surface area contributed by atoms with Crippen LogP contribution in [0.3, 0.4) is 0 Å². The highest BCUT2D eigenvalue weighted by Gasteiger charge is 2.11. The van der Waals surface area contributed by atoms with E-state index in [1.165, 1.54) is 70.9 Å². The molecule has 7 rings (SSSR count). The van der Waals surface area contributed by atoms with E-state index in [4.69, 9.17) is 5.73 Å². The predicted octanol–water partition coefficient (Wildman–Crippen LogP) is 9.09. The number of fused-ring (bicyclic) bond motifs is 7. The lowest BCUT2D eigenvalue weighted by atomic mass is 9.91. The van der Waals surface area contributed by atoms with Crippen molar-refractivity contribution in [3.05, 3.63) is 133 Å². The van der Waals surface area contributed by atoms with E-state index in [0.717, 1.165) is 0 Å². The molecule has 0 radical (unpaired) electrons. The van der Waals surface area contributed by atoms with Crippen LogP contribution >= 0.6 is 0 Å². The van der Waals surface area contributed by atoms with Crippen molar-refractivity contribution in [2.75, 3.05) is 0 Å². The van der Waals surface area contributed by atoms with E-state index >= 15 is 0 Å². The fourth-order valence-electron chi connectivity index (χ4n) is 5.65. The van der Waals surface area contributed by atoms with Crippen LogP contribution < -0.4 is 5.73 Å². The van der Waals surface area contributed by atoms with Gasteiger partial charge in [-0.1, -0.05) is 109 Å². The Hall–Kier alpha value is -4.46. The van der Waals surface area contributed by atoms with Crippen molar-refractivity contribution in [2.24, 2.45) is 5.73 Å².